The van der Waals surface area contributed by atoms with Gasteiger partial charge in [-0.1, -0.05) is 17.8 Å². The molecule has 0 atom stereocenters. The number of nitrogens with zero attached hydrogens (tertiary/aromatic N) is 4. The van der Waals surface area contributed by atoms with Crippen LogP contribution in [-0.2, 0) is 11.9 Å². The van der Waals surface area contributed by atoms with Crippen molar-refractivity contribution < 1.29 is 13.2 Å². The molecule has 0 aromatic carbocycles. The molecule has 11 heteroatoms. The molecule has 0 unspecified atom stereocenters. The minimum atomic E-state index is -4.62. The van der Waals surface area contributed by atoms with Crippen LogP contribution < -0.4 is 5.84 Å². The van der Waals surface area contributed by atoms with Crippen molar-refractivity contribution in [3.8, 4) is 9.88 Å². The molecule has 116 valence electrons. The van der Waals surface area contributed by atoms with Gasteiger partial charge in [-0.2, -0.15) is 13.2 Å². The van der Waals surface area contributed by atoms with Crippen LogP contribution in [0.3, 0.4) is 0 Å². The average Bonchev–Trinajstić information content (AvgIpc) is 3.16. The third kappa shape index (κ3) is 3.10. The van der Waals surface area contributed by atoms with Gasteiger partial charge in [-0.15, -0.1) is 32.9 Å². The maximum atomic E-state index is 12.6. The zero-order valence-electron chi connectivity index (χ0n) is 10.7. The highest BCUT2D eigenvalue weighted by Crippen LogP contribution is 2.32. The van der Waals surface area contributed by atoms with Gasteiger partial charge in [-0.05, 0) is 11.4 Å². The molecule has 5 nitrogen and oxygen atoms in total. The fourth-order valence-corrected chi connectivity index (χ4v) is 4.08. The molecule has 2 N–H and O–H groups in total. The van der Waals surface area contributed by atoms with Crippen LogP contribution in [0.4, 0.5) is 13.2 Å². The van der Waals surface area contributed by atoms with Gasteiger partial charge < -0.3 is 5.84 Å². The number of thioether (sulfide) groups is 1. The molecule has 0 bridgehead atoms. The predicted octanol–water partition coefficient (Wildman–Crippen LogP) is 3.49. The third-order valence-electron chi connectivity index (χ3n) is 2.55. The van der Waals surface area contributed by atoms with Crippen molar-refractivity contribution in [3.63, 3.8) is 0 Å². The van der Waals surface area contributed by atoms with Gasteiger partial charge >= 0.3 is 6.18 Å². The van der Waals surface area contributed by atoms with Gasteiger partial charge in [-0.3, -0.25) is 0 Å². The second kappa shape index (κ2) is 5.89. The lowest BCUT2D eigenvalue weighted by Crippen LogP contribution is -2.21. The average molecular weight is 363 g/mol. The van der Waals surface area contributed by atoms with E-state index in [2.05, 4.69) is 15.2 Å². The van der Waals surface area contributed by atoms with Gasteiger partial charge in [0.05, 0.1) is 10.6 Å². The van der Waals surface area contributed by atoms with Crippen LogP contribution in [0.15, 0.2) is 28.0 Å². The van der Waals surface area contributed by atoms with Crippen LogP contribution in [0, 0.1) is 0 Å². The Labute approximate surface area is 135 Å². The van der Waals surface area contributed by atoms with Crippen molar-refractivity contribution in [2.24, 2.45) is 0 Å². The first-order valence-corrected chi connectivity index (χ1v) is 8.58. The Morgan fingerprint density at radius 3 is 2.73 bits per heavy atom. The van der Waals surface area contributed by atoms with Gasteiger partial charge in [0.2, 0.25) is 5.16 Å². The molecule has 0 aliphatic heterocycles. The molecule has 0 aliphatic carbocycles. The minimum absolute atomic E-state index is 0.00185. The number of hydrogen-bond donors (Lipinski definition) is 1. The summed E-state index contributed by atoms with van der Waals surface area (Å²) in [5.74, 6) is 4.53. The highest BCUT2D eigenvalue weighted by Gasteiger charge is 2.38. The van der Waals surface area contributed by atoms with Crippen LogP contribution in [0.25, 0.3) is 9.88 Å². The van der Waals surface area contributed by atoms with Gasteiger partial charge in [0.25, 0.3) is 5.82 Å². The van der Waals surface area contributed by atoms with E-state index in [1.807, 2.05) is 22.9 Å². The van der Waals surface area contributed by atoms with E-state index >= 15 is 0 Å². The van der Waals surface area contributed by atoms with Gasteiger partial charge in [0, 0.05) is 11.1 Å². The molecule has 0 aliphatic rings. The summed E-state index contributed by atoms with van der Waals surface area (Å²) >= 11 is 4.13. The first-order chi connectivity index (χ1) is 10.4. The summed E-state index contributed by atoms with van der Waals surface area (Å²) in [6.07, 6.45) is -4.62. The molecular weight excluding hydrogens is 355 g/mol. The molecule has 22 heavy (non-hydrogen) atoms. The number of aromatic nitrogens is 4. The first-order valence-electron chi connectivity index (χ1n) is 5.84. The normalized spacial score (nSPS) is 12.0. The highest BCUT2D eigenvalue weighted by molar-refractivity contribution is 7.98. The summed E-state index contributed by atoms with van der Waals surface area (Å²) < 4.78 is 38.1. The molecule has 0 saturated heterocycles. The summed E-state index contributed by atoms with van der Waals surface area (Å²) in [6.45, 7) is 0. The number of hydrogen-bond acceptors (Lipinski definition) is 7. The van der Waals surface area contributed by atoms with E-state index < -0.39 is 12.0 Å². The highest BCUT2D eigenvalue weighted by atomic mass is 32.2. The maximum Gasteiger partial charge on any atom is 0.453 e. The second-order valence-corrected chi connectivity index (χ2v) is 6.83. The van der Waals surface area contributed by atoms with E-state index in [1.165, 1.54) is 11.3 Å². The van der Waals surface area contributed by atoms with E-state index in [1.54, 1.807) is 11.3 Å². The van der Waals surface area contributed by atoms with Crippen LogP contribution in [0.1, 0.15) is 11.5 Å². The Morgan fingerprint density at radius 2 is 2.09 bits per heavy atom. The van der Waals surface area contributed by atoms with Gasteiger partial charge in [0.15, 0.2) is 0 Å². The third-order valence-corrected chi connectivity index (χ3v) is 5.46. The van der Waals surface area contributed by atoms with Crippen molar-refractivity contribution in [3.05, 3.63) is 34.4 Å². The standard InChI is InChI=1S/C11H8F3N5S3/c12-11(13,14)9-17-18-10(19(9)15)22-5-6-4-21-8(16-6)7-2-1-3-20-7/h1-4H,5,15H2. The van der Waals surface area contributed by atoms with Crippen LogP contribution in [0.5, 0.6) is 0 Å². The Hall–Kier alpha value is -1.59. The molecule has 3 heterocycles. The molecule has 3 rings (SSSR count). The maximum absolute atomic E-state index is 12.6. The van der Waals surface area contributed by atoms with Gasteiger partial charge in [0.1, 0.15) is 5.01 Å². The fourth-order valence-electron chi connectivity index (χ4n) is 1.59. The Bertz CT molecular complexity index is 762. The van der Waals surface area contributed by atoms with Crippen molar-refractivity contribution >= 4 is 34.4 Å². The summed E-state index contributed by atoms with van der Waals surface area (Å²) in [7, 11) is 0. The number of alkyl halides is 3. The van der Waals surface area contributed by atoms with E-state index in [0.29, 0.717) is 10.4 Å². The molecule has 0 fully saturated rings. The van der Waals surface area contributed by atoms with Crippen molar-refractivity contribution in [1.29, 1.82) is 0 Å². The first kappa shape index (κ1) is 15.3. The van der Waals surface area contributed by atoms with Gasteiger partial charge in [-0.25, -0.2) is 9.66 Å². The van der Waals surface area contributed by atoms with E-state index in [-0.39, 0.29) is 5.16 Å². The smallest absolute Gasteiger partial charge is 0.335 e. The predicted molar refractivity (Wildman–Crippen MR) is 80.2 cm³/mol. The SMILES string of the molecule is Nn1c(SCc2csc(-c3cccs3)n2)nnc1C(F)(F)F. The second-order valence-electron chi connectivity index (χ2n) is 4.08. The summed E-state index contributed by atoms with van der Waals surface area (Å²) in [5.41, 5.74) is 0.759. The zero-order valence-corrected chi connectivity index (χ0v) is 13.2. The molecular formula is C11H8F3N5S3. The summed E-state index contributed by atoms with van der Waals surface area (Å²) in [6, 6.07) is 3.90. The lowest BCUT2D eigenvalue weighted by Gasteiger charge is -2.05. The Balaban J connectivity index is 1.70. The van der Waals surface area contributed by atoms with E-state index in [4.69, 9.17) is 5.84 Å². The van der Waals surface area contributed by atoms with E-state index in [0.717, 1.165) is 27.3 Å². The number of rotatable bonds is 4. The van der Waals surface area contributed by atoms with Crippen molar-refractivity contribution in [2.75, 3.05) is 5.84 Å². The largest absolute Gasteiger partial charge is 0.453 e. The summed E-state index contributed by atoms with van der Waals surface area (Å²) in [4.78, 5) is 5.50. The summed E-state index contributed by atoms with van der Waals surface area (Å²) in [5, 5.41) is 11.2. The zero-order chi connectivity index (χ0) is 15.7. The van der Waals surface area contributed by atoms with Crippen LogP contribution in [-0.4, -0.2) is 19.9 Å². The topological polar surface area (TPSA) is 69.6 Å². The number of nitrogen functional groups attached to an aromatic ring is 1. The quantitative estimate of drug-likeness (QED) is 0.568. The lowest BCUT2D eigenvalue weighted by molar-refractivity contribution is -0.146. The molecule has 0 amide bonds. The Morgan fingerprint density at radius 1 is 1.27 bits per heavy atom. The van der Waals surface area contributed by atoms with Crippen molar-refractivity contribution in [1.82, 2.24) is 19.9 Å². The molecule has 3 aromatic rings. The molecule has 0 radical (unpaired) electrons. The molecule has 0 saturated carbocycles. The van der Waals surface area contributed by atoms with Crippen molar-refractivity contribution in [2.45, 2.75) is 17.1 Å². The molecule has 3 aromatic heterocycles. The minimum Gasteiger partial charge on any atom is -0.335 e. The van der Waals surface area contributed by atoms with E-state index in [9.17, 15) is 13.2 Å². The monoisotopic (exact) mass is 363 g/mol. The number of thiazole rings is 1. The number of thiophene rings is 1. The number of halogens is 3. The lowest BCUT2D eigenvalue weighted by atomic mass is 10.5. The van der Waals surface area contributed by atoms with Crippen LogP contribution >= 0.6 is 34.4 Å². The molecule has 0 spiro atoms. The number of nitrogens with two attached hydrogens (primary N) is 1. The van der Waals surface area contributed by atoms with Crippen LogP contribution in [0.2, 0.25) is 0 Å². The fraction of sp³-hybridized carbons (Fsp3) is 0.182. The Kier molecular flexibility index (Phi) is 4.10.